The number of amides is 2. The van der Waals surface area contributed by atoms with E-state index in [0.29, 0.717) is 34.3 Å². The van der Waals surface area contributed by atoms with Crippen molar-refractivity contribution in [2.75, 3.05) is 4.90 Å². The Labute approximate surface area is 244 Å². The van der Waals surface area contributed by atoms with E-state index in [4.69, 9.17) is 4.42 Å². The lowest BCUT2D eigenvalue weighted by molar-refractivity contribution is -0.124. The molecule has 0 bridgehead atoms. The highest BCUT2D eigenvalue weighted by Gasteiger charge is 2.38. The average molecular weight is 561 g/mol. The van der Waals surface area contributed by atoms with Gasteiger partial charge in [-0.15, -0.1) is 0 Å². The molecule has 0 aliphatic heterocycles. The summed E-state index contributed by atoms with van der Waals surface area (Å²) < 4.78 is 5.47. The maximum absolute atomic E-state index is 14.4. The summed E-state index contributed by atoms with van der Waals surface area (Å²) in [5.41, 5.74) is 5.36. The highest BCUT2D eigenvalue weighted by molar-refractivity contribution is 6.11. The van der Waals surface area contributed by atoms with Crippen molar-refractivity contribution < 1.29 is 19.1 Å². The molecule has 0 saturated heterocycles. The summed E-state index contributed by atoms with van der Waals surface area (Å²) in [5, 5.41) is 14.0. The Morgan fingerprint density at radius 1 is 1.02 bits per heavy atom. The van der Waals surface area contributed by atoms with Gasteiger partial charge in [-0.1, -0.05) is 63.2 Å². The second-order valence-electron chi connectivity index (χ2n) is 11.7. The van der Waals surface area contributed by atoms with Gasteiger partial charge in [-0.3, -0.25) is 19.5 Å². The Bertz CT molecular complexity index is 1740. The van der Waals surface area contributed by atoms with E-state index in [0.717, 1.165) is 16.7 Å². The van der Waals surface area contributed by atoms with Crippen LogP contribution in [0.3, 0.4) is 0 Å². The first-order chi connectivity index (χ1) is 20.2. The van der Waals surface area contributed by atoms with Gasteiger partial charge in [0.25, 0.3) is 5.91 Å². The summed E-state index contributed by atoms with van der Waals surface area (Å²) in [4.78, 5) is 38.7. The highest BCUT2D eigenvalue weighted by Crippen LogP contribution is 2.35. The monoisotopic (exact) mass is 560 g/mol. The van der Waals surface area contributed by atoms with Crippen LogP contribution in [0.5, 0.6) is 0 Å². The molecule has 1 aliphatic carbocycles. The molecule has 0 saturated carbocycles. The van der Waals surface area contributed by atoms with Crippen LogP contribution in [0.2, 0.25) is 0 Å². The number of anilines is 1. The van der Waals surface area contributed by atoms with Gasteiger partial charge in [-0.2, -0.15) is 0 Å². The van der Waals surface area contributed by atoms with E-state index >= 15 is 0 Å². The second kappa shape index (κ2) is 10.9. The summed E-state index contributed by atoms with van der Waals surface area (Å²) in [6, 6.07) is 22.2. The summed E-state index contributed by atoms with van der Waals surface area (Å²) in [7, 11) is 0. The lowest BCUT2D eigenvalue weighted by Crippen LogP contribution is -2.46. The number of fused-ring (bicyclic) bond motifs is 2. The van der Waals surface area contributed by atoms with Crippen molar-refractivity contribution in [1.82, 2.24) is 15.3 Å². The summed E-state index contributed by atoms with van der Waals surface area (Å²) in [5.74, 6) is -0.828. The van der Waals surface area contributed by atoms with Gasteiger partial charge < -0.3 is 14.8 Å². The van der Waals surface area contributed by atoms with Gasteiger partial charge in [0.2, 0.25) is 5.91 Å². The molecule has 0 fully saturated rings. The lowest BCUT2D eigenvalue weighted by Gasteiger charge is -2.33. The fourth-order valence-electron chi connectivity index (χ4n) is 5.57. The molecule has 8 heteroatoms. The number of carbonyl (C=O) groups excluding carboxylic acids is 2. The van der Waals surface area contributed by atoms with Crippen molar-refractivity contribution in [3.63, 3.8) is 0 Å². The van der Waals surface area contributed by atoms with Gasteiger partial charge in [0.15, 0.2) is 12.0 Å². The summed E-state index contributed by atoms with van der Waals surface area (Å²) in [6.07, 6.45) is 4.19. The van der Waals surface area contributed by atoms with E-state index in [1.807, 2.05) is 48.5 Å². The van der Waals surface area contributed by atoms with Crippen LogP contribution >= 0.6 is 0 Å². The summed E-state index contributed by atoms with van der Waals surface area (Å²) in [6.45, 7) is 6.36. The molecule has 1 aliphatic rings. The first kappa shape index (κ1) is 27.4. The topological polar surface area (TPSA) is 109 Å². The number of carbonyl (C=O) groups is 2. The quantitative estimate of drug-likeness (QED) is 0.277. The van der Waals surface area contributed by atoms with Crippen LogP contribution in [0, 0.1) is 0 Å². The number of benzene rings is 3. The molecule has 2 heterocycles. The minimum absolute atomic E-state index is 0.100. The maximum atomic E-state index is 14.4. The van der Waals surface area contributed by atoms with Crippen LogP contribution in [0.1, 0.15) is 65.5 Å². The third-order valence-corrected chi connectivity index (χ3v) is 7.82. The third-order valence-electron chi connectivity index (χ3n) is 7.82. The van der Waals surface area contributed by atoms with Crippen LogP contribution in [-0.2, 0) is 16.6 Å². The fourth-order valence-corrected chi connectivity index (χ4v) is 5.57. The standard InChI is InChI=1S/C34H32N4O4/c1-34(2,3)24-11-13-25(14-12-24)38(33(41)22-10-15-27-29(18-22)42-20-36-27)31(23-8-6-16-35-19-23)32(40)37-30-26-9-5-4-7-21(26)17-28(30)39/h4-16,18-20,28,30-31,39H,17H2,1-3H3,(H,37,40)/t28-,30+,31?/m1/s1. The number of pyridine rings is 1. The molecule has 2 N–H and O–H groups in total. The van der Waals surface area contributed by atoms with Gasteiger partial charge in [0.05, 0.1) is 12.1 Å². The predicted octanol–water partition coefficient (Wildman–Crippen LogP) is 5.68. The molecular formula is C34H32N4O4. The smallest absolute Gasteiger partial charge is 0.259 e. The molecule has 6 rings (SSSR count). The van der Waals surface area contributed by atoms with E-state index in [2.05, 4.69) is 36.1 Å². The Morgan fingerprint density at radius 2 is 1.81 bits per heavy atom. The predicted molar refractivity (Wildman–Crippen MR) is 160 cm³/mol. The normalized spacial score (nSPS) is 17.0. The molecule has 2 aromatic heterocycles. The first-order valence-electron chi connectivity index (χ1n) is 13.9. The van der Waals surface area contributed by atoms with Gasteiger partial charge in [-0.05, 0) is 58.5 Å². The number of oxazole rings is 1. The first-order valence-corrected chi connectivity index (χ1v) is 13.9. The number of rotatable bonds is 6. The van der Waals surface area contributed by atoms with Crippen molar-refractivity contribution in [1.29, 1.82) is 0 Å². The number of aromatic nitrogens is 2. The molecule has 0 radical (unpaired) electrons. The second-order valence-corrected chi connectivity index (χ2v) is 11.7. The molecule has 1 unspecified atom stereocenters. The van der Waals surface area contributed by atoms with Crippen molar-refractivity contribution in [2.45, 2.75) is 50.8 Å². The minimum Gasteiger partial charge on any atom is -0.443 e. The van der Waals surface area contributed by atoms with E-state index < -0.39 is 30.0 Å². The van der Waals surface area contributed by atoms with Crippen LogP contribution < -0.4 is 10.2 Å². The number of nitrogens with zero attached hydrogens (tertiary/aromatic N) is 3. The van der Waals surface area contributed by atoms with Crippen LogP contribution in [-0.4, -0.2) is 33.0 Å². The molecule has 3 atom stereocenters. The number of hydrogen-bond donors (Lipinski definition) is 2. The zero-order chi connectivity index (χ0) is 29.4. The molecule has 0 spiro atoms. The minimum atomic E-state index is -1.09. The molecule has 42 heavy (non-hydrogen) atoms. The van der Waals surface area contributed by atoms with Crippen molar-refractivity contribution >= 4 is 28.6 Å². The molecule has 5 aromatic rings. The number of aliphatic hydroxyl groups excluding tert-OH is 1. The van der Waals surface area contributed by atoms with Gasteiger partial charge >= 0.3 is 0 Å². The third kappa shape index (κ3) is 5.17. The van der Waals surface area contributed by atoms with Crippen molar-refractivity contribution in [2.24, 2.45) is 0 Å². The molecule has 2 amide bonds. The number of aliphatic hydroxyl groups is 1. The molecular weight excluding hydrogens is 528 g/mol. The molecule has 8 nitrogen and oxygen atoms in total. The van der Waals surface area contributed by atoms with E-state index in [-0.39, 0.29) is 5.41 Å². The van der Waals surface area contributed by atoms with Crippen LogP contribution in [0.25, 0.3) is 11.1 Å². The van der Waals surface area contributed by atoms with Gasteiger partial charge in [0, 0.05) is 35.6 Å². The highest BCUT2D eigenvalue weighted by atomic mass is 16.3. The van der Waals surface area contributed by atoms with E-state index in [9.17, 15) is 14.7 Å². The SMILES string of the molecule is CC(C)(C)c1ccc(N(C(=O)c2ccc3ncoc3c2)C(C(=O)N[C@H]2c3ccccc3C[C@H]2O)c2cccnc2)cc1. The van der Waals surface area contributed by atoms with Gasteiger partial charge in [-0.25, -0.2) is 4.98 Å². The van der Waals surface area contributed by atoms with E-state index in [1.165, 1.54) is 11.3 Å². The molecule has 212 valence electrons. The van der Waals surface area contributed by atoms with Gasteiger partial charge in [0.1, 0.15) is 11.6 Å². The Kier molecular flexibility index (Phi) is 7.08. The summed E-state index contributed by atoms with van der Waals surface area (Å²) >= 11 is 0. The lowest BCUT2D eigenvalue weighted by atomic mass is 9.87. The molecule has 3 aromatic carbocycles. The average Bonchev–Trinajstić information content (AvgIpc) is 3.59. The Balaban J connectivity index is 1.46. The number of nitrogens with one attached hydrogen (secondary N) is 1. The Hall–Kier alpha value is -4.82. The number of hydrogen-bond acceptors (Lipinski definition) is 6. The van der Waals surface area contributed by atoms with E-state index in [1.54, 1.807) is 42.7 Å². The fraction of sp³-hybridized carbons (Fsp3) is 0.235. The zero-order valence-corrected chi connectivity index (χ0v) is 23.7. The largest absolute Gasteiger partial charge is 0.443 e. The van der Waals surface area contributed by atoms with Crippen molar-refractivity contribution in [3.05, 3.63) is 125 Å². The van der Waals surface area contributed by atoms with Crippen molar-refractivity contribution in [3.8, 4) is 0 Å². The zero-order valence-electron chi connectivity index (χ0n) is 23.7. The van der Waals surface area contributed by atoms with Crippen LogP contribution in [0.4, 0.5) is 5.69 Å². The van der Waals surface area contributed by atoms with Crippen LogP contribution in [0.15, 0.2) is 102 Å². The Morgan fingerprint density at radius 3 is 2.55 bits per heavy atom. The maximum Gasteiger partial charge on any atom is 0.259 e.